The second-order valence-corrected chi connectivity index (χ2v) is 9.30. The van der Waals surface area contributed by atoms with Gasteiger partial charge in [0.25, 0.3) is 0 Å². The summed E-state index contributed by atoms with van der Waals surface area (Å²) in [6.07, 6.45) is 3.57. The Morgan fingerprint density at radius 2 is 2.04 bits per heavy atom. The second-order valence-electron chi connectivity index (χ2n) is 7.04. The number of aliphatic imine (C=N–C) groups is 1. The Bertz CT molecular complexity index is 929. The van der Waals surface area contributed by atoms with Crippen LogP contribution < -0.4 is 10.6 Å². The van der Waals surface area contributed by atoms with E-state index in [0.717, 1.165) is 42.4 Å². The molecule has 1 fully saturated rings. The van der Waals surface area contributed by atoms with Crippen molar-refractivity contribution in [3.05, 3.63) is 35.8 Å². The van der Waals surface area contributed by atoms with Gasteiger partial charge in [0.2, 0.25) is 10.0 Å². The molecule has 0 aromatic carbocycles. The van der Waals surface area contributed by atoms with Crippen molar-refractivity contribution in [3.63, 3.8) is 0 Å². The number of hydrogen-bond acceptors (Lipinski definition) is 4. The lowest BCUT2D eigenvalue weighted by Crippen LogP contribution is -2.50. The highest BCUT2D eigenvalue weighted by molar-refractivity contribution is 7.89. The molecule has 0 bridgehead atoms. The number of aromatic nitrogens is 2. The summed E-state index contributed by atoms with van der Waals surface area (Å²) in [6.45, 7) is 8.13. The zero-order chi connectivity index (χ0) is 20.1. The van der Waals surface area contributed by atoms with E-state index < -0.39 is 10.0 Å². The third kappa shape index (κ3) is 4.82. The van der Waals surface area contributed by atoms with Crippen molar-refractivity contribution in [2.24, 2.45) is 4.99 Å². The predicted octanol–water partition coefficient (Wildman–Crippen LogP) is 1.51. The van der Waals surface area contributed by atoms with Crippen molar-refractivity contribution in [3.8, 4) is 0 Å². The molecule has 0 spiro atoms. The molecule has 28 heavy (non-hydrogen) atoms. The normalized spacial score (nSPS) is 17.2. The van der Waals surface area contributed by atoms with Gasteiger partial charge in [-0.3, -0.25) is 0 Å². The van der Waals surface area contributed by atoms with E-state index in [1.807, 2.05) is 25.3 Å². The molecule has 0 amide bonds. The summed E-state index contributed by atoms with van der Waals surface area (Å²) in [5.74, 6) is 0.904. The SMILES string of the molecule is CCNC(=NCc1cn2c(C)cccc2n1)NC1CCN(S(=O)(=O)CC)CC1. The highest BCUT2D eigenvalue weighted by Crippen LogP contribution is 2.14. The molecule has 3 heterocycles. The third-order valence-electron chi connectivity index (χ3n) is 5.04. The van der Waals surface area contributed by atoms with Gasteiger partial charge in [-0.2, -0.15) is 0 Å². The minimum absolute atomic E-state index is 0.160. The maximum absolute atomic E-state index is 12.0. The van der Waals surface area contributed by atoms with Crippen LogP contribution >= 0.6 is 0 Å². The number of piperidine rings is 1. The second kappa shape index (κ2) is 8.91. The van der Waals surface area contributed by atoms with Gasteiger partial charge in [0.15, 0.2) is 5.96 Å². The molecular formula is C19H30N6O2S. The fourth-order valence-electron chi connectivity index (χ4n) is 3.41. The van der Waals surface area contributed by atoms with Gasteiger partial charge in [-0.1, -0.05) is 6.07 Å². The molecule has 2 aromatic heterocycles. The Hall–Kier alpha value is -2.13. The van der Waals surface area contributed by atoms with Crippen LogP contribution in [-0.2, 0) is 16.6 Å². The number of pyridine rings is 1. The van der Waals surface area contributed by atoms with Crippen LogP contribution in [0.3, 0.4) is 0 Å². The average Bonchev–Trinajstić information content (AvgIpc) is 3.11. The number of rotatable bonds is 6. The van der Waals surface area contributed by atoms with Crippen LogP contribution in [0.4, 0.5) is 0 Å². The van der Waals surface area contributed by atoms with E-state index in [1.165, 1.54) is 0 Å². The van der Waals surface area contributed by atoms with Crippen LogP contribution in [0.1, 0.15) is 38.1 Å². The quantitative estimate of drug-likeness (QED) is 0.561. The lowest BCUT2D eigenvalue weighted by molar-refractivity contribution is 0.306. The van der Waals surface area contributed by atoms with Crippen LogP contribution in [0, 0.1) is 6.92 Å². The van der Waals surface area contributed by atoms with Crippen molar-refractivity contribution in [2.45, 2.75) is 46.2 Å². The molecule has 1 aliphatic rings. The van der Waals surface area contributed by atoms with Gasteiger partial charge in [0.1, 0.15) is 5.65 Å². The number of nitrogens with one attached hydrogen (secondary N) is 2. The number of nitrogens with zero attached hydrogens (tertiary/aromatic N) is 4. The fourth-order valence-corrected chi connectivity index (χ4v) is 4.54. The van der Waals surface area contributed by atoms with Gasteiger partial charge in [0.05, 0.1) is 18.0 Å². The Labute approximate surface area is 167 Å². The number of aryl methyl sites for hydroxylation is 1. The maximum Gasteiger partial charge on any atom is 0.213 e. The number of fused-ring (bicyclic) bond motifs is 1. The van der Waals surface area contributed by atoms with Gasteiger partial charge >= 0.3 is 0 Å². The third-order valence-corrected chi connectivity index (χ3v) is 6.92. The number of sulfonamides is 1. The molecule has 8 nitrogen and oxygen atoms in total. The molecule has 1 saturated heterocycles. The summed E-state index contributed by atoms with van der Waals surface area (Å²) >= 11 is 0. The van der Waals surface area contributed by atoms with E-state index in [0.29, 0.717) is 19.6 Å². The lowest BCUT2D eigenvalue weighted by Gasteiger charge is -2.32. The summed E-state index contributed by atoms with van der Waals surface area (Å²) in [5, 5.41) is 6.72. The Morgan fingerprint density at radius 3 is 2.68 bits per heavy atom. The van der Waals surface area contributed by atoms with Crippen LogP contribution in [0.5, 0.6) is 0 Å². The molecular weight excluding hydrogens is 376 g/mol. The van der Waals surface area contributed by atoms with Crippen molar-refractivity contribution in [1.29, 1.82) is 0 Å². The van der Waals surface area contributed by atoms with Crippen LogP contribution in [0.25, 0.3) is 5.65 Å². The van der Waals surface area contributed by atoms with E-state index in [4.69, 9.17) is 0 Å². The van der Waals surface area contributed by atoms with Crippen molar-refractivity contribution < 1.29 is 8.42 Å². The van der Waals surface area contributed by atoms with E-state index in [9.17, 15) is 8.42 Å². The Morgan fingerprint density at radius 1 is 1.29 bits per heavy atom. The highest BCUT2D eigenvalue weighted by atomic mass is 32.2. The minimum Gasteiger partial charge on any atom is -0.357 e. The standard InChI is InChI=1S/C19H30N6O2S/c1-4-20-19(23-16-9-11-24(12-10-16)28(26,27)5-2)21-13-17-14-25-15(3)7-6-8-18(25)22-17/h6-8,14,16H,4-5,9-13H2,1-3H3,(H2,20,21,23). The van der Waals surface area contributed by atoms with E-state index >= 15 is 0 Å². The fraction of sp³-hybridized carbons (Fsp3) is 0.579. The number of hydrogen-bond donors (Lipinski definition) is 2. The molecule has 9 heteroatoms. The summed E-state index contributed by atoms with van der Waals surface area (Å²) < 4.78 is 27.7. The topological polar surface area (TPSA) is 91.1 Å². The van der Waals surface area contributed by atoms with Gasteiger partial charge in [-0.05, 0) is 45.7 Å². The van der Waals surface area contributed by atoms with E-state index in [1.54, 1.807) is 11.2 Å². The summed E-state index contributed by atoms with van der Waals surface area (Å²) in [4.78, 5) is 9.30. The zero-order valence-corrected chi connectivity index (χ0v) is 17.7. The maximum atomic E-state index is 12.0. The van der Waals surface area contributed by atoms with Crippen molar-refractivity contribution >= 4 is 21.6 Å². The van der Waals surface area contributed by atoms with Gasteiger partial charge in [-0.25, -0.2) is 22.7 Å². The molecule has 0 radical (unpaired) electrons. The summed E-state index contributed by atoms with van der Waals surface area (Å²) in [5.41, 5.74) is 2.97. The summed E-state index contributed by atoms with van der Waals surface area (Å²) in [6, 6.07) is 6.26. The Kier molecular flexibility index (Phi) is 6.56. The largest absolute Gasteiger partial charge is 0.357 e. The van der Waals surface area contributed by atoms with Crippen molar-refractivity contribution in [2.75, 3.05) is 25.4 Å². The first-order valence-corrected chi connectivity index (χ1v) is 11.5. The molecule has 154 valence electrons. The molecule has 0 saturated carbocycles. The first-order valence-electron chi connectivity index (χ1n) is 9.89. The van der Waals surface area contributed by atoms with Crippen molar-refractivity contribution in [1.82, 2.24) is 24.3 Å². The first-order chi connectivity index (χ1) is 13.4. The average molecular weight is 407 g/mol. The van der Waals surface area contributed by atoms with Gasteiger partial charge in [0, 0.05) is 37.6 Å². The zero-order valence-electron chi connectivity index (χ0n) is 16.9. The molecule has 2 aromatic rings. The smallest absolute Gasteiger partial charge is 0.213 e. The van der Waals surface area contributed by atoms with Gasteiger partial charge in [-0.15, -0.1) is 0 Å². The summed E-state index contributed by atoms with van der Waals surface area (Å²) in [7, 11) is -3.10. The molecule has 0 aliphatic carbocycles. The molecule has 0 atom stereocenters. The van der Waals surface area contributed by atoms with Gasteiger partial charge < -0.3 is 15.0 Å². The molecule has 1 aliphatic heterocycles. The van der Waals surface area contributed by atoms with E-state index in [-0.39, 0.29) is 11.8 Å². The Balaban J connectivity index is 1.62. The lowest BCUT2D eigenvalue weighted by atomic mass is 10.1. The first kappa shape index (κ1) is 20.6. The highest BCUT2D eigenvalue weighted by Gasteiger charge is 2.27. The van der Waals surface area contributed by atoms with E-state index in [2.05, 4.69) is 38.0 Å². The molecule has 3 rings (SSSR count). The van der Waals surface area contributed by atoms with Crippen LogP contribution in [0.2, 0.25) is 0 Å². The number of imidazole rings is 1. The molecule has 2 N–H and O–H groups in total. The monoisotopic (exact) mass is 406 g/mol. The predicted molar refractivity (Wildman–Crippen MR) is 112 cm³/mol. The molecule has 0 unspecified atom stereocenters. The van der Waals surface area contributed by atoms with Crippen LogP contribution in [0.15, 0.2) is 29.4 Å². The minimum atomic E-state index is -3.10. The van der Waals surface area contributed by atoms with Crippen LogP contribution in [-0.4, -0.2) is 59.5 Å². The number of guanidine groups is 1.